The zero-order valence-corrected chi connectivity index (χ0v) is 10.5. The molecule has 3 N–H and O–H groups in total. The smallest absolute Gasteiger partial charge is 0.124 e. The lowest BCUT2D eigenvalue weighted by Crippen LogP contribution is -2.35. The van der Waals surface area contributed by atoms with Crippen LogP contribution in [-0.2, 0) is 6.42 Å². The Morgan fingerprint density at radius 3 is 2.60 bits per heavy atom. The van der Waals surface area contributed by atoms with Crippen molar-refractivity contribution in [3.05, 3.63) is 23.3 Å². The molecule has 1 aromatic carbocycles. The minimum atomic E-state index is 0. The van der Waals surface area contributed by atoms with Gasteiger partial charge in [-0.2, -0.15) is 0 Å². The van der Waals surface area contributed by atoms with Gasteiger partial charge < -0.3 is 15.5 Å². The van der Waals surface area contributed by atoms with Crippen LogP contribution in [0.2, 0.25) is 0 Å². The fraction of sp³-hybridized carbons (Fsp3) is 0.455. The van der Waals surface area contributed by atoms with Crippen LogP contribution in [0.5, 0.6) is 11.5 Å². The van der Waals surface area contributed by atoms with Crippen LogP contribution in [-0.4, -0.2) is 16.3 Å². The molecule has 0 radical (unpaired) electrons. The molecule has 3 nitrogen and oxygen atoms in total. The quantitative estimate of drug-likeness (QED) is 0.680. The summed E-state index contributed by atoms with van der Waals surface area (Å²) < 4.78 is 0. The lowest BCUT2D eigenvalue weighted by atomic mass is 9.90. The van der Waals surface area contributed by atoms with Crippen LogP contribution in [0.1, 0.15) is 31.0 Å². The first-order valence-electron chi connectivity index (χ1n) is 4.88. The van der Waals surface area contributed by atoms with Crippen LogP contribution in [0.4, 0.5) is 0 Å². The van der Waals surface area contributed by atoms with E-state index in [9.17, 15) is 10.2 Å². The number of hydrogen-bond donors (Lipinski definition) is 3. The Morgan fingerprint density at radius 1 is 1.27 bits per heavy atom. The Balaban J connectivity index is 0.00000112. The minimum absolute atomic E-state index is 0. The van der Waals surface area contributed by atoms with E-state index in [1.807, 2.05) is 6.92 Å². The first kappa shape index (κ1) is 12.3. The van der Waals surface area contributed by atoms with Gasteiger partial charge in [-0.05, 0) is 31.9 Å². The summed E-state index contributed by atoms with van der Waals surface area (Å²) in [5.74, 6) is 0.328. The zero-order valence-electron chi connectivity index (χ0n) is 8.82. The fourth-order valence-electron chi connectivity index (χ4n) is 2.25. The molecule has 84 valence electrons. The Morgan fingerprint density at radius 2 is 1.93 bits per heavy atom. The van der Waals surface area contributed by atoms with E-state index in [4.69, 9.17) is 0 Å². The molecule has 2 atom stereocenters. The fourth-order valence-corrected chi connectivity index (χ4v) is 2.25. The maximum Gasteiger partial charge on any atom is 0.124 e. The second kappa shape index (κ2) is 4.41. The van der Waals surface area contributed by atoms with Gasteiger partial charge in [0.05, 0.1) is 0 Å². The third kappa shape index (κ3) is 2.26. The minimum Gasteiger partial charge on any atom is -0.508 e. The average Bonchev–Trinajstić information content (AvgIpc) is 1.99. The van der Waals surface area contributed by atoms with Gasteiger partial charge in [0.25, 0.3) is 0 Å². The molecule has 0 bridgehead atoms. The molecular weight excluding hydrogens is 258 g/mol. The number of benzene rings is 1. The Kier molecular flexibility index (Phi) is 3.62. The summed E-state index contributed by atoms with van der Waals surface area (Å²) in [5.41, 5.74) is 1.96. The molecule has 1 aliphatic heterocycles. The van der Waals surface area contributed by atoms with Crippen molar-refractivity contribution in [1.82, 2.24) is 5.32 Å². The highest BCUT2D eigenvalue weighted by atomic mass is 79.9. The van der Waals surface area contributed by atoms with Crippen LogP contribution in [0.15, 0.2) is 12.1 Å². The van der Waals surface area contributed by atoms with Gasteiger partial charge >= 0.3 is 0 Å². The van der Waals surface area contributed by atoms with E-state index in [2.05, 4.69) is 12.2 Å². The van der Waals surface area contributed by atoms with Crippen LogP contribution < -0.4 is 5.32 Å². The number of halogens is 1. The molecule has 4 heteroatoms. The van der Waals surface area contributed by atoms with Gasteiger partial charge in [0, 0.05) is 23.7 Å². The van der Waals surface area contributed by atoms with Crippen molar-refractivity contribution in [2.45, 2.75) is 32.4 Å². The van der Waals surface area contributed by atoms with Gasteiger partial charge in [-0.15, -0.1) is 17.0 Å². The monoisotopic (exact) mass is 273 g/mol. The molecule has 1 heterocycles. The highest BCUT2D eigenvalue weighted by Crippen LogP contribution is 2.35. The molecule has 1 aromatic rings. The number of phenolic OH excluding ortho intramolecular Hbond substituents is 2. The Labute approximate surface area is 99.9 Å². The molecule has 0 aliphatic carbocycles. The van der Waals surface area contributed by atoms with Crippen molar-refractivity contribution in [2.24, 2.45) is 0 Å². The first-order valence-corrected chi connectivity index (χ1v) is 4.88. The number of rotatable bonds is 0. The molecule has 15 heavy (non-hydrogen) atoms. The van der Waals surface area contributed by atoms with E-state index in [-0.39, 0.29) is 34.5 Å². The summed E-state index contributed by atoms with van der Waals surface area (Å²) in [5, 5.41) is 22.4. The standard InChI is InChI=1S/C11H15NO2.BrH/c1-6-3-8-4-9(13)5-10(14)11(8)7(2)12-6;/h4-7,12-14H,3H2,1-2H3;1H. The van der Waals surface area contributed by atoms with Gasteiger partial charge in [0.2, 0.25) is 0 Å². The van der Waals surface area contributed by atoms with Crippen LogP contribution in [0, 0.1) is 0 Å². The first-order chi connectivity index (χ1) is 6.58. The molecule has 0 saturated heterocycles. The highest BCUT2D eigenvalue weighted by molar-refractivity contribution is 8.93. The topological polar surface area (TPSA) is 52.5 Å². The number of hydrogen-bond acceptors (Lipinski definition) is 3. The van der Waals surface area contributed by atoms with E-state index < -0.39 is 0 Å². The van der Waals surface area contributed by atoms with Crippen molar-refractivity contribution in [1.29, 1.82) is 0 Å². The maximum atomic E-state index is 9.69. The van der Waals surface area contributed by atoms with E-state index in [1.54, 1.807) is 6.07 Å². The van der Waals surface area contributed by atoms with Crippen molar-refractivity contribution < 1.29 is 10.2 Å². The summed E-state index contributed by atoms with van der Waals surface area (Å²) in [6, 6.07) is 3.67. The van der Waals surface area contributed by atoms with E-state index >= 15 is 0 Å². The van der Waals surface area contributed by atoms with Gasteiger partial charge in [-0.3, -0.25) is 0 Å². The number of nitrogens with one attached hydrogen (secondary N) is 1. The third-order valence-electron chi connectivity index (χ3n) is 2.72. The van der Waals surface area contributed by atoms with Gasteiger partial charge in [-0.1, -0.05) is 0 Å². The second-order valence-electron chi connectivity index (χ2n) is 4.03. The van der Waals surface area contributed by atoms with E-state index in [1.165, 1.54) is 6.07 Å². The summed E-state index contributed by atoms with van der Waals surface area (Å²) in [6.07, 6.45) is 0.849. The summed E-state index contributed by atoms with van der Waals surface area (Å²) >= 11 is 0. The van der Waals surface area contributed by atoms with Crippen molar-refractivity contribution >= 4 is 17.0 Å². The normalized spacial score (nSPS) is 24.1. The largest absolute Gasteiger partial charge is 0.508 e. The van der Waals surface area contributed by atoms with E-state index in [0.29, 0.717) is 6.04 Å². The number of phenols is 2. The molecule has 2 unspecified atom stereocenters. The maximum absolute atomic E-state index is 9.69. The van der Waals surface area contributed by atoms with Crippen LogP contribution in [0.25, 0.3) is 0 Å². The molecule has 1 aliphatic rings. The molecule has 0 fully saturated rings. The van der Waals surface area contributed by atoms with Gasteiger partial charge in [0.1, 0.15) is 11.5 Å². The predicted octanol–water partition coefficient (Wildman–Crippen LogP) is 2.27. The molecule has 0 saturated carbocycles. The van der Waals surface area contributed by atoms with Crippen molar-refractivity contribution in [3.63, 3.8) is 0 Å². The predicted molar refractivity (Wildman–Crippen MR) is 64.8 cm³/mol. The summed E-state index contributed by atoms with van der Waals surface area (Å²) in [6.45, 7) is 4.12. The third-order valence-corrected chi connectivity index (χ3v) is 2.72. The molecule has 0 aromatic heterocycles. The van der Waals surface area contributed by atoms with Crippen molar-refractivity contribution in [3.8, 4) is 11.5 Å². The lowest BCUT2D eigenvalue weighted by molar-refractivity contribution is 0.401. The SMILES string of the molecule is Br.CC1Cc2cc(O)cc(O)c2C(C)N1. The van der Waals surface area contributed by atoms with E-state index in [0.717, 1.165) is 17.5 Å². The Hall–Kier alpha value is -0.740. The van der Waals surface area contributed by atoms with Crippen LogP contribution >= 0.6 is 17.0 Å². The highest BCUT2D eigenvalue weighted by Gasteiger charge is 2.23. The summed E-state index contributed by atoms with van der Waals surface area (Å²) in [4.78, 5) is 0. The molecular formula is C11H16BrNO2. The Bertz CT molecular complexity index is 368. The number of fused-ring (bicyclic) bond motifs is 1. The molecule has 2 rings (SSSR count). The van der Waals surface area contributed by atoms with Gasteiger partial charge in [0.15, 0.2) is 0 Å². The lowest BCUT2D eigenvalue weighted by Gasteiger charge is -2.29. The second-order valence-corrected chi connectivity index (χ2v) is 4.03. The summed E-state index contributed by atoms with van der Waals surface area (Å²) in [7, 11) is 0. The van der Waals surface area contributed by atoms with Crippen LogP contribution in [0.3, 0.4) is 0 Å². The zero-order chi connectivity index (χ0) is 10.3. The molecule has 0 amide bonds. The van der Waals surface area contributed by atoms with Crippen molar-refractivity contribution in [2.75, 3.05) is 0 Å². The average molecular weight is 274 g/mol. The molecule has 0 spiro atoms. The van der Waals surface area contributed by atoms with Gasteiger partial charge in [-0.25, -0.2) is 0 Å². The number of aromatic hydroxyl groups is 2.